The molecule has 0 aromatic carbocycles. The highest BCUT2D eigenvalue weighted by atomic mass is 16.2. The maximum atomic E-state index is 12.9. The number of fused-ring (bicyclic) bond motifs is 1. The quantitative estimate of drug-likeness (QED) is 0.636. The van der Waals surface area contributed by atoms with E-state index in [9.17, 15) is 4.79 Å². The fourth-order valence-electron chi connectivity index (χ4n) is 4.44. The number of rotatable bonds is 5. The van der Waals surface area contributed by atoms with Crippen molar-refractivity contribution in [1.29, 1.82) is 0 Å². The summed E-state index contributed by atoms with van der Waals surface area (Å²) in [7, 11) is 3.57. The Morgan fingerprint density at radius 1 is 1.00 bits per heavy atom. The van der Waals surface area contributed by atoms with Gasteiger partial charge in [-0.15, -0.1) is 0 Å². The van der Waals surface area contributed by atoms with Crippen LogP contribution in [0.15, 0.2) is 36.7 Å². The summed E-state index contributed by atoms with van der Waals surface area (Å²) in [6.07, 6.45) is 6.00. The molecular formula is C23H30N8O. The molecule has 9 nitrogen and oxygen atoms in total. The minimum Gasteiger partial charge on any atom is -0.368 e. The Labute approximate surface area is 188 Å². The summed E-state index contributed by atoms with van der Waals surface area (Å²) in [4.78, 5) is 26.0. The number of carbonyl (C=O) groups is 1. The summed E-state index contributed by atoms with van der Waals surface area (Å²) in [5, 5.41) is 9.90. The molecular weight excluding hydrogens is 404 g/mol. The van der Waals surface area contributed by atoms with Crippen molar-refractivity contribution in [3.63, 3.8) is 0 Å². The Hall–Kier alpha value is -3.33. The molecule has 2 N–H and O–H groups in total. The highest BCUT2D eigenvalue weighted by molar-refractivity contribution is 5.99. The average molecular weight is 435 g/mol. The van der Waals surface area contributed by atoms with Crippen molar-refractivity contribution >= 4 is 34.1 Å². The fourth-order valence-corrected chi connectivity index (χ4v) is 4.44. The number of amides is 1. The van der Waals surface area contributed by atoms with Gasteiger partial charge in [0, 0.05) is 71.0 Å². The molecule has 2 fully saturated rings. The van der Waals surface area contributed by atoms with Crippen LogP contribution in [0.25, 0.3) is 10.9 Å². The molecule has 0 spiro atoms. The number of nitrogens with zero attached hydrogens (tertiary/aromatic N) is 6. The summed E-state index contributed by atoms with van der Waals surface area (Å²) in [5.41, 5.74) is 2.78. The Morgan fingerprint density at radius 3 is 2.44 bits per heavy atom. The van der Waals surface area contributed by atoms with Gasteiger partial charge in [0.25, 0.3) is 5.91 Å². The molecule has 0 atom stereocenters. The van der Waals surface area contributed by atoms with Crippen LogP contribution in [-0.2, 0) is 0 Å². The number of pyridine rings is 2. The van der Waals surface area contributed by atoms with Gasteiger partial charge in [0.2, 0.25) is 0 Å². The van der Waals surface area contributed by atoms with E-state index in [0.29, 0.717) is 11.5 Å². The van der Waals surface area contributed by atoms with E-state index in [4.69, 9.17) is 0 Å². The van der Waals surface area contributed by atoms with Crippen molar-refractivity contribution in [3.05, 3.63) is 42.4 Å². The van der Waals surface area contributed by atoms with Crippen LogP contribution in [0.1, 0.15) is 23.3 Å². The number of nitrogens with one attached hydrogen (secondary N) is 2. The molecule has 0 unspecified atom stereocenters. The molecule has 2 saturated heterocycles. The molecule has 5 rings (SSSR count). The van der Waals surface area contributed by atoms with Gasteiger partial charge in [-0.2, -0.15) is 0 Å². The zero-order valence-electron chi connectivity index (χ0n) is 18.7. The highest BCUT2D eigenvalue weighted by Crippen LogP contribution is 2.26. The van der Waals surface area contributed by atoms with Crippen molar-refractivity contribution in [2.75, 3.05) is 68.6 Å². The smallest absolute Gasteiger partial charge is 0.271 e. The third-order valence-corrected chi connectivity index (χ3v) is 6.14. The van der Waals surface area contributed by atoms with Crippen LogP contribution in [0.3, 0.4) is 0 Å². The summed E-state index contributed by atoms with van der Waals surface area (Å²) in [6.45, 7) is 5.87. The van der Waals surface area contributed by atoms with Crippen LogP contribution in [-0.4, -0.2) is 78.8 Å². The summed E-state index contributed by atoms with van der Waals surface area (Å²) in [5.74, 6) is 1.45. The van der Waals surface area contributed by atoms with Gasteiger partial charge >= 0.3 is 0 Å². The van der Waals surface area contributed by atoms with E-state index in [1.807, 2.05) is 30.6 Å². The first-order valence-corrected chi connectivity index (χ1v) is 11.3. The molecule has 2 aliphatic heterocycles. The standard InChI is InChI=1S/C23H30N8O/c1-28(2)23(32)20-13-17-15-25-22(14-19(17)31(20)30-9-3-4-10-30)27-21-6-5-18(16-26-21)29-11-7-24-8-12-29/h5-6,13-16,24H,3-4,7-12H2,1-2H3,(H,25,26,27). The van der Waals surface area contributed by atoms with Crippen LogP contribution in [0.4, 0.5) is 17.3 Å². The van der Waals surface area contributed by atoms with Crippen molar-refractivity contribution < 1.29 is 4.79 Å². The van der Waals surface area contributed by atoms with Gasteiger partial charge in [-0.1, -0.05) is 0 Å². The van der Waals surface area contributed by atoms with E-state index in [1.165, 1.54) is 0 Å². The zero-order chi connectivity index (χ0) is 22.1. The Kier molecular flexibility index (Phi) is 5.57. The third-order valence-electron chi connectivity index (χ3n) is 6.14. The van der Waals surface area contributed by atoms with E-state index >= 15 is 0 Å². The molecule has 5 heterocycles. The normalized spacial score (nSPS) is 16.6. The lowest BCUT2D eigenvalue weighted by Gasteiger charge is -2.29. The molecule has 3 aromatic rings. The first-order chi connectivity index (χ1) is 15.6. The van der Waals surface area contributed by atoms with E-state index in [-0.39, 0.29) is 5.91 Å². The van der Waals surface area contributed by atoms with Crippen molar-refractivity contribution in [2.24, 2.45) is 0 Å². The van der Waals surface area contributed by atoms with E-state index in [2.05, 4.69) is 41.3 Å². The van der Waals surface area contributed by atoms with Crippen molar-refractivity contribution in [2.45, 2.75) is 12.8 Å². The average Bonchev–Trinajstić information content (AvgIpc) is 3.47. The second-order valence-corrected chi connectivity index (χ2v) is 8.59. The van der Waals surface area contributed by atoms with E-state index in [0.717, 1.165) is 74.5 Å². The molecule has 168 valence electrons. The molecule has 0 radical (unpaired) electrons. The minimum atomic E-state index is -0.00669. The van der Waals surface area contributed by atoms with Crippen LogP contribution in [0.2, 0.25) is 0 Å². The maximum Gasteiger partial charge on any atom is 0.271 e. The molecule has 0 bridgehead atoms. The molecule has 0 aliphatic carbocycles. The number of aromatic nitrogens is 3. The monoisotopic (exact) mass is 434 g/mol. The zero-order valence-corrected chi connectivity index (χ0v) is 18.7. The number of hydrogen-bond acceptors (Lipinski definition) is 7. The summed E-state index contributed by atoms with van der Waals surface area (Å²) in [6, 6.07) is 8.03. The number of piperazine rings is 1. The van der Waals surface area contributed by atoms with E-state index < -0.39 is 0 Å². The lowest BCUT2D eigenvalue weighted by Crippen LogP contribution is -2.43. The lowest BCUT2D eigenvalue weighted by atomic mass is 10.3. The fraction of sp³-hybridized carbons (Fsp3) is 0.435. The maximum absolute atomic E-state index is 12.9. The van der Waals surface area contributed by atoms with Crippen LogP contribution in [0, 0.1) is 0 Å². The number of carbonyl (C=O) groups excluding carboxylic acids is 1. The minimum absolute atomic E-state index is 0.00669. The molecule has 0 saturated carbocycles. The van der Waals surface area contributed by atoms with Gasteiger partial charge in [0.05, 0.1) is 17.4 Å². The molecule has 32 heavy (non-hydrogen) atoms. The van der Waals surface area contributed by atoms with Gasteiger partial charge in [-0.05, 0) is 31.0 Å². The second-order valence-electron chi connectivity index (χ2n) is 8.59. The number of anilines is 3. The Morgan fingerprint density at radius 2 is 1.75 bits per heavy atom. The third kappa shape index (κ3) is 3.95. The summed E-state index contributed by atoms with van der Waals surface area (Å²) >= 11 is 0. The predicted molar refractivity (Wildman–Crippen MR) is 128 cm³/mol. The Balaban J connectivity index is 1.43. The van der Waals surface area contributed by atoms with E-state index in [1.54, 1.807) is 19.0 Å². The van der Waals surface area contributed by atoms with Gasteiger partial charge in [0.15, 0.2) is 0 Å². The van der Waals surface area contributed by atoms with Crippen molar-refractivity contribution in [1.82, 2.24) is 24.9 Å². The SMILES string of the molecule is CN(C)C(=O)c1cc2cnc(Nc3ccc(N4CCNCC4)cn3)cc2n1N1CCCC1. The van der Waals surface area contributed by atoms with Crippen LogP contribution < -0.4 is 20.5 Å². The van der Waals surface area contributed by atoms with Gasteiger partial charge < -0.3 is 25.4 Å². The summed E-state index contributed by atoms with van der Waals surface area (Å²) < 4.78 is 2.07. The molecule has 2 aliphatic rings. The van der Waals surface area contributed by atoms with Crippen molar-refractivity contribution in [3.8, 4) is 0 Å². The molecule has 3 aromatic heterocycles. The first-order valence-electron chi connectivity index (χ1n) is 11.3. The highest BCUT2D eigenvalue weighted by Gasteiger charge is 2.23. The van der Waals surface area contributed by atoms with Gasteiger partial charge in [-0.25, -0.2) is 9.97 Å². The first kappa shape index (κ1) is 20.6. The molecule has 9 heteroatoms. The van der Waals surface area contributed by atoms with Gasteiger partial charge in [0.1, 0.15) is 17.3 Å². The molecule has 1 amide bonds. The lowest BCUT2D eigenvalue weighted by molar-refractivity contribution is 0.0817. The Bertz CT molecular complexity index is 1100. The van der Waals surface area contributed by atoms with Gasteiger partial charge in [-0.3, -0.25) is 9.47 Å². The predicted octanol–water partition coefficient (Wildman–Crippen LogP) is 2.02. The number of hydrogen-bond donors (Lipinski definition) is 2. The van der Waals surface area contributed by atoms with Crippen LogP contribution in [0.5, 0.6) is 0 Å². The topological polar surface area (TPSA) is 81.6 Å². The van der Waals surface area contributed by atoms with Crippen LogP contribution >= 0.6 is 0 Å². The second kappa shape index (κ2) is 8.66. The largest absolute Gasteiger partial charge is 0.368 e.